The number of rotatable bonds is 10. The molecule has 45 heavy (non-hydrogen) atoms. The van der Waals surface area contributed by atoms with Crippen LogP contribution in [-0.4, -0.2) is 45.1 Å². The van der Waals surface area contributed by atoms with Gasteiger partial charge in [-0.3, -0.25) is 19.4 Å². The van der Waals surface area contributed by atoms with Crippen LogP contribution in [0.1, 0.15) is 109 Å². The quantitative estimate of drug-likeness (QED) is 0.234. The number of anilines is 1. The van der Waals surface area contributed by atoms with Crippen LogP contribution < -0.4 is 9.64 Å². The number of Topliss-reactive ketones (excluding diaryl/α,β-unsaturated/α-hetero) is 1. The number of amides is 1. The van der Waals surface area contributed by atoms with E-state index in [0.29, 0.717) is 24.7 Å². The molecule has 3 aromatic rings. The average molecular weight is 612 g/mol. The summed E-state index contributed by atoms with van der Waals surface area (Å²) in [5.41, 5.74) is 4.55. The Balaban J connectivity index is 1.25. The number of ketones is 1. The van der Waals surface area contributed by atoms with E-state index >= 15 is 0 Å². The third-order valence-corrected chi connectivity index (χ3v) is 11.3. The SMILES string of the molecule is COc1ccc(C23CCC(CN(C(=O)C4CCC(CC(C)=O)CC4)c4cncc(-c5cnn(C(C)C)c5)n4)(CC2)CC3)cc1C. The van der Waals surface area contributed by atoms with Crippen LogP contribution in [0.3, 0.4) is 0 Å². The van der Waals surface area contributed by atoms with Crippen molar-refractivity contribution in [1.82, 2.24) is 19.7 Å². The number of aromatic nitrogens is 4. The molecule has 8 heteroatoms. The number of carbonyl (C=O) groups is 2. The van der Waals surface area contributed by atoms with E-state index < -0.39 is 0 Å². The largest absolute Gasteiger partial charge is 0.496 e. The Morgan fingerprint density at radius 1 is 1.02 bits per heavy atom. The lowest BCUT2D eigenvalue weighted by molar-refractivity contribution is -0.124. The first kappa shape index (κ1) is 31.4. The van der Waals surface area contributed by atoms with Crippen LogP contribution in [0.15, 0.2) is 43.0 Å². The highest BCUT2D eigenvalue weighted by atomic mass is 16.5. The van der Waals surface area contributed by atoms with E-state index in [-0.39, 0.29) is 34.5 Å². The molecule has 0 saturated heterocycles. The van der Waals surface area contributed by atoms with Gasteiger partial charge in [-0.05, 0) is 126 Å². The second kappa shape index (κ2) is 12.7. The molecule has 2 aromatic heterocycles. The molecule has 1 aromatic carbocycles. The van der Waals surface area contributed by atoms with Crippen LogP contribution >= 0.6 is 0 Å². The van der Waals surface area contributed by atoms with E-state index in [9.17, 15) is 9.59 Å². The third-order valence-electron chi connectivity index (χ3n) is 11.3. The van der Waals surface area contributed by atoms with Crippen LogP contribution in [0.25, 0.3) is 11.3 Å². The minimum absolute atomic E-state index is 0.0488. The van der Waals surface area contributed by atoms with E-state index in [1.165, 1.54) is 11.1 Å². The maximum Gasteiger partial charge on any atom is 0.231 e. The molecular weight excluding hydrogens is 562 g/mol. The Labute approximate surface area is 268 Å². The van der Waals surface area contributed by atoms with Crippen molar-refractivity contribution in [3.05, 3.63) is 54.1 Å². The summed E-state index contributed by atoms with van der Waals surface area (Å²) >= 11 is 0. The van der Waals surface area contributed by atoms with E-state index in [1.54, 1.807) is 26.4 Å². The van der Waals surface area contributed by atoms with Gasteiger partial charge in [0.2, 0.25) is 5.91 Å². The molecule has 240 valence electrons. The van der Waals surface area contributed by atoms with Gasteiger partial charge in [0.05, 0.1) is 31.4 Å². The van der Waals surface area contributed by atoms with Crippen molar-refractivity contribution in [2.75, 3.05) is 18.6 Å². The number of aryl methyl sites for hydroxylation is 1. The number of hydrogen-bond acceptors (Lipinski definition) is 6. The number of benzene rings is 1. The molecule has 7 rings (SSSR count). The van der Waals surface area contributed by atoms with Gasteiger partial charge < -0.3 is 9.53 Å². The molecule has 4 aliphatic rings. The lowest BCUT2D eigenvalue weighted by atomic mass is 9.51. The summed E-state index contributed by atoms with van der Waals surface area (Å²) in [6.07, 6.45) is 18.2. The first-order chi connectivity index (χ1) is 21.6. The predicted octanol–water partition coefficient (Wildman–Crippen LogP) is 7.65. The molecule has 0 atom stereocenters. The summed E-state index contributed by atoms with van der Waals surface area (Å²) in [4.78, 5) is 37.9. The fourth-order valence-electron chi connectivity index (χ4n) is 8.37. The minimum Gasteiger partial charge on any atom is -0.496 e. The number of hydrogen-bond donors (Lipinski definition) is 0. The fraction of sp³-hybridized carbons (Fsp3) is 0.595. The Morgan fingerprint density at radius 3 is 2.33 bits per heavy atom. The van der Waals surface area contributed by atoms with Crippen LogP contribution in [0.4, 0.5) is 5.82 Å². The zero-order valence-electron chi connectivity index (χ0n) is 27.7. The molecule has 8 nitrogen and oxygen atoms in total. The first-order valence-corrected chi connectivity index (χ1v) is 16.9. The molecular formula is C37H49N5O3. The Bertz CT molecular complexity index is 1510. The van der Waals surface area contributed by atoms with Crippen molar-refractivity contribution in [1.29, 1.82) is 0 Å². The van der Waals surface area contributed by atoms with Crippen molar-refractivity contribution in [3.8, 4) is 17.0 Å². The van der Waals surface area contributed by atoms with Gasteiger partial charge in [0.15, 0.2) is 5.82 Å². The van der Waals surface area contributed by atoms with Gasteiger partial charge in [-0.1, -0.05) is 12.1 Å². The van der Waals surface area contributed by atoms with E-state index in [0.717, 1.165) is 81.2 Å². The zero-order chi connectivity index (χ0) is 31.8. The van der Waals surface area contributed by atoms with Crippen molar-refractivity contribution in [2.45, 2.75) is 110 Å². The summed E-state index contributed by atoms with van der Waals surface area (Å²) in [5.74, 6) is 2.35. The summed E-state index contributed by atoms with van der Waals surface area (Å²) in [6.45, 7) is 8.69. The maximum atomic E-state index is 14.5. The van der Waals surface area contributed by atoms with Gasteiger partial charge >= 0.3 is 0 Å². The Kier molecular flexibility index (Phi) is 8.86. The summed E-state index contributed by atoms with van der Waals surface area (Å²) in [6, 6.07) is 6.97. The van der Waals surface area contributed by atoms with Crippen molar-refractivity contribution >= 4 is 17.5 Å². The highest BCUT2D eigenvalue weighted by Gasteiger charge is 2.51. The van der Waals surface area contributed by atoms with E-state index in [4.69, 9.17) is 9.72 Å². The number of methoxy groups -OCH3 is 1. The minimum atomic E-state index is -0.0488. The van der Waals surface area contributed by atoms with E-state index in [1.807, 2.05) is 22.0 Å². The first-order valence-electron chi connectivity index (χ1n) is 16.9. The lowest BCUT2D eigenvalue weighted by Crippen LogP contribution is -2.52. The molecule has 0 aliphatic heterocycles. The molecule has 2 bridgehead atoms. The second-order valence-corrected chi connectivity index (χ2v) is 14.6. The lowest BCUT2D eigenvalue weighted by Gasteiger charge is -2.55. The van der Waals surface area contributed by atoms with Gasteiger partial charge in [0, 0.05) is 36.7 Å². The molecule has 0 radical (unpaired) electrons. The van der Waals surface area contributed by atoms with Crippen LogP contribution in [0, 0.1) is 24.2 Å². The van der Waals surface area contributed by atoms with Gasteiger partial charge in [-0.25, -0.2) is 4.98 Å². The molecule has 0 unspecified atom stereocenters. The van der Waals surface area contributed by atoms with Gasteiger partial charge in [0.1, 0.15) is 11.5 Å². The monoisotopic (exact) mass is 611 g/mol. The van der Waals surface area contributed by atoms with E-state index in [2.05, 4.69) is 49.1 Å². The number of carbonyl (C=O) groups excluding carboxylic acids is 2. The highest BCUT2D eigenvalue weighted by Crippen LogP contribution is 2.58. The molecule has 4 fully saturated rings. The topological polar surface area (TPSA) is 90.2 Å². The Morgan fingerprint density at radius 2 is 1.73 bits per heavy atom. The molecule has 0 spiro atoms. The van der Waals surface area contributed by atoms with Gasteiger partial charge in [-0.2, -0.15) is 5.10 Å². The third kappa shape index (κ3) is 6.43. The second-order valence-electron chi connectivity index (χ2n) is 14.6. The zero-order valence-corrected chi connectivity index (χ0v) is 27.7. The number of ether oxygens (including phenoxy) is 1. The standard InChI is InChI=1S/C37H49N5O3/c1-25(2)42-23-30(20-39-42)32-21-38-22-34(40-32)41(35(44)29-8-6-28(7-9-29)19-27(4)43)24-36-12-15-37(16-13-36,17-14-36)31-10-11-33(45-5)26(3)18-31/h10-11,18,20-23,25,28-29H,6-9,12-17,19,24H2,1-5H3. The van der Waals surface area contributed by atoms with Crippen molar-refractivity contribution in [3.63, 3.8) is 0 Å². The molecule has 4 aliphatic carbocycles. The van der Waals surface area contributed by atoms with Crippen LogP contribution in [-0.2, 0) is 15.0 Å². The molecule has 0 N–H and O–H groups in total. The Hall–Kier alpha value is -3.55. The summed E-state index contributed by atoms with van der Waals surface area (Å²) in [5, 5.41) is 4.51. The van der Waals surface area contributed by atoms with Crippen molar-refractivity contribution < 1.29 is 14.3 Å². The van der Waals surface area contributed by atoms with Crippen LogP contribution in [0.5, 0.6) is 5.75 Å². The van der Waals surface area contributed by atoms with Crippen molar-refractivity contribution in [2.24, 2.45) is 17.3 Å². The molecule has 4 saturated carbocycles. The van der Waals surface area contributed by atoms with Gasteiger partial charge in [0.25, 0.3) is 0 Å². The number of fused-ring (bicyclic) bond motifs is 3. The molecule has 2 heterocycles. The van der Waals surface area contributed by atoms with Gasteiger partial charge in [-0.15, -0.1) is 0 Å². The summed E-state index contributed by atoms with van der Waals surface area (Å²) < 4.78 is 7.46. The molecule has 1 amide bonds. The normalized spacial score (nSPS) is 26.2. The maximum absolute atomic E-state index is 14.5. The number of nitrogens with zero attached hydrogens (tertiary/aromatic N) is 5. The predicted molar refractivity (Wildman–Crippen MR) is 176 cm³/mol. The van der Waals surface area contributed by atoms with Crippen LogP contribution in [0.2, 0.25) is 0 Å². The average Bonchev–Trinajstić information content (AvgIpc) is 3.56. The smallest absolute Gasteiger partial charge is 0.231 e. The highest BCUT2D eigenvalue weighted by molar-refractivity contribution is 5.94. The summed E-state index contributed by atoms with van der Waals surface area (Å²) in [7, 11) is 1.74. The fourth-order valence-corrected chi connectivity index (χ4v) is 8.37.